The number of nitrogens with one attached hydrogen (secondary N) is 1. The summed E-state index contributed by atoms with van der Waals surface area (Å²) in [7, 11) is 0. The Kier molecular flexibility index (Phi) is 3.07. The first-order chi connectivity index (χ1) is 7.64. The summed E-state index contributed by atoms with van der Waals surface area (Å²) in [6.45, 7) is 4.75. The Bertz CT molecular complexity index is 374. The van der Waals surface area contributed by atoms with Crippen LogP contribution in [0, 0.1) is 6.92 Å². The van der Waals surface area contributed by atoms with Crippen LogP contribution in [0.15, 0.2) is 6.07 Å². The van der Waals surface area contributed by atoms with Gasteiger partial charge in [0.25, 0.3) is 0 Å². The van der Waals surface area contributed by atoms with Gasteiger partial charge < -0.3 is 10.2 Å². The van der Waals surface area contributed by atoms with E-state index in [2.05, 4.69) is 15.4 Å². The third-order valence-electron chi connectivity index (χ3n) is 2.94. The Morgan fingerprint density at radius 2 is 2.25 bits per heavy atom. The summed E-state index contributed by atoms with van der Waals surface area (Å²) < 4.78 is 5.81. The number of nitrogens with zero attached hydrogens (tertiary/aromatic N) is 2. The van der Waals surface area contributed by atoms with E-state index in [0.29, 0.717) is 5.82 Å². The second-order valence-electron chi connectivity index (χ2n) is 4.40. The average Bonchev–Trinajstić information content (AvgIpc) is 2.29. The molecule has 1 aromatic rings. The second-order valence-corrected chi connectivity index (χ2v) is 4.40. The van der Waals surface area contributed by atoms with Crippen LogP contribution in [0.1, 0.15) is 37.7 Å². The summed E-state index contributed by atoms with van der Waals surface area (Å²) in [6.07, 6.45) is 3.23. The van der Waals surface area contributed by atoms with Crippen molar-refractivity contribution in [1.82, 2.24) is 9.97 Å². The fraction of sp³-hybridized carbons (Fsp3) is 0.636. The maximum absolute atomic E-state index is 5.81. The van der Waals surface area contributed by atoms with E-state index in [4.69, 9.17) is 10.6 Å². The number of aryl methyl sites for hydroxylation is 1. The van der Waals surface area contributed by atoms with E-state index in [9.17, 15) is 0 Å². The number of nitrogens with two attached hydrogens (primary N) is 1. The Morgan fingerprint density at radius 3 is 2.88 bits per heavy atom. The van der Waals surface area contributed by atoms with Gasteiger partial charge in [-0.05, 0) is 33.1 Å². The highest BCUT2D eigenvalue weighted by Gasteiger charge is 2.33. The highest BCUT2D eigenvalue weighted by Crippen LogP contribution is 2.32. The molecule has 1 atom stereocenters. The normalized spacial score (nSPS) is 25.4. The molecule has 0 saturated carbocycles. The molecule has 0 spiro atoms. The van der Waals surface area contributed by atoms with Crippen LogP contribution in [0.2, 0.25) is 0 Å². The molecule has 1 unspecified atom stereocenters. The zero-order valence-electron chi connectivity index (χ0n) is 9.79. The molecular weight excluding hydrogens is 204 g/mol. The molecule has 5 nitrogen and oxygen atoms in total. The minimum Gasteiger partial charge on any atom is -0.367 e. The SMILES string of the molecule is Cc1cc(NN)nc(C2(C)CCCCO2)n1. The third kappa shape index (κ3) is 2.15. The van der Waals surface area contributed by atoms with E-state index in [1.807, 2.05) is 19.9 Å². The molecular formula is C11H18N4O. The lowest BCUT2D eigenvalue weighted by Crippen LogP contribution is -2.33. The van der Waals surface area contributed by atoms with Gasteiger partial charge in [-0.25, -0.2) is 15.8 Å². The molecule has 1 aliphatic rings. The number of anilines is 1. The van der Waals surface area contributed by atoms with Crippen LogP contribution < -0.4 is 11.3 Å². The number of nitrogen functional groups attached to an aromatic ring is 1. The lowest BCUT2D eigenvalue weighted by atomic mass is 9.95. The van der Waals surface area contributed by atoms with E-state index in [1.54, 1.807) is 0 Å². The van der Waals surface area contributed by atoms with E-state index < -0.39 is 0 Å². The largest absolute Gasteiger partial charge is 0.367 e. The molecule has 5 heteroatoms. The number of ether oxygens (including phenoxy) is 1. The van der Waals surface area contributed by atoms with Crippen molar-refractivity contribution >= 4 is 5.82 Å². The number of hydrazine groups is 1. The molecule has 1 aliphatic heterocycles. The first-order valence-corrected chi connectivity index (χ1v) is 5.61. The van der Waals surface area contributed by atoms with Crippen molar-refractivity contribution < 1.29 is 4.74 Å². The fourth-order valence-corrected chi connectivity index (χ4v) is 1.99. The third-order valence-corrected chi connectivity index (χ3v) is 2.94. The maximum atomic E-state index is 5.81. The van der Waals surface area contributed by atoms with Gasteiger partial charge in [0.15, 0.2) is 5.82 Å². The van der Waals surface area contributed by atoms with Crippen LogP contribution >= 0.6 is 0 Å². The van der Waals surface area contributed by atoms with Crippen molar-refractivity contribution in [2.45, 2.75) is 38.7 Å². The lowest BCUT2D eigenvalue weighted by Gasteiger charge is -2.32. The molecule has 0 amide bonds. The van der Waals surface area contributed by atoms with Crippen molar-refractivity contribution in [3.05, 3.63) is 17.6 Å². The van der Waals surface area contributed by atoms with E-state index in [-0.39, 0.29) is 5.60 Å². The van der Waals surface area contributed by atoms with Crippen LogP contribution in [0.3, 0.4) is 0 Å². The minimum atomic E-state index is -0.365. The minimum absolute atomic E-state index is 0.365. The van der Waals surface area contributed by atoms with Crippen molar-refractivity contribution in [2.24, 2.45) is 5.84 Å². The van der Waals surface area contributed by atoms with E-state index >= 15 is 0 Å². The molecule has 0 radical (unpaired) electrons. The summed E-state index contributed by atoms with van der Waals surface area (Å²) in [5.74, 6) is 6.74. The first-order valence-electron chi connectivity index (χ1n) is 5.61. The average molecular weight is 222 g/mol. The Morgan fingerprint density at radius 1 is 1.44 bits per heavy atom. The molecule has 1 fully saturated rings. The number of hydrogen-bond acceptors (Lipinski definition) is 5. The van der Waals surface area contributed by atoms with Gasteiger partial charge >= 0.3 is 0 Å². The smallest absolute Gasteiger partial charge is 0.162 e. The maximum Gasteiger partial charge on any atom is 0.162 e. The molecule has 0 bridgehead atoms. The predicted octanol–water partition coefficient (Wildman–Crippen LogP) is 1.49. The molecule has 16 heavy (non-hydrogen) atoms. The first kappa shape index (κ1) is 11.3. The molecule has 2 rings (SSSR count). The van der Waals surface area contributed by atoms with Crippen molar-refractivity contribution in [3.63, 3.8) is 0 Å². The molecule has 0 aliphatic carbocycles. The molecule has 1 aromatic heterocycles. The van der Waals surface area contributed by atoms with Crippen LogP contribution in [0.4, 0.5) is 5.82 Å². The Hall–Kier alpha value is -1.20. The van der Waals surface area contributed by atoms with Gasteiger partial charge in [-0.3, -0.25) is 0 Å². The van der Waals surface area contributed by atoms with Crippen LogP contribution in [0.25, 0.3) is 0 Å². The monoisotopic (exact) mass is 222 g/mol. The van der Waals surface area contributed by atoms with Crippen LogP contribution in [-0.2, 0) is 10.3 Å². The van der Waals surface area contributed by atoms with Gasteiger partial charge in [-0.15, -0.1) is 0 Å². The summed E-state index contributed by atoms with van der Waals surface area (Å²) in [4.78, 5) is 8.82. The number of hydrogen-bond donors (Lipinski definition) is 2. The number of aromatic nitrogens is 2. The van der Waals surface area contributed by atoms with Crippen molar-refractivity contribution in [3.8, 4) is 0 Å². The molecule has 1 saturated heterocycles. The molecule has 0 aromatic carbocycles. The standard InChI is InChI=1S/C11H18N4O/c1-8-7-9(15-12)14-10(13-8)11(2)5-3-4-6-16-11/h7H,3-6,12H2,1-2H3,(H,13,14,15). The highest BCUT2D eigenvalue weighted by molar-refractivity contribution is 5.34. The topological polar surface area (TPSA) is 73.1 Å². The molecule has 3 N–H and O–H groups in total. The Balaban J connectivity index is 2.34. The van der Waals surface area contributed by atoms with Gasteiger partial charge in [0.1, 0.15) is 11.4 Å². The highest BCUT2D eigenvalue weighted by atomic mass is 16.5. The van der Waals surface area contributed by atoms with Crippen LogP contribution in [-0.4, -0.2) is 16.6 Å². The van der Waals surface area contributed by atoms with Gasteiger partial charge in [0.05, 0.1) is 0 Å². The van der Waals surface area contributed by atoms with Gasteiger partial charge in [0, 0.05) is 18.4 Å². The zero-order valence-corrected chi connectivity index (χ0v) is 9.79. The van der Waals surface area contributed by atoms with Crippen molar-refractivity contribution in [1.29, 1.82) is 0 Å². The summed E-state index contributed by atoms with van der Waals surface area (Å²) in [5, 5.41) is 0. The second kappa shape index (κ2) is 4.35. The van der Waals surface area contributed by atoms with Gasteiger partial charge in [-0.1, -0.05) is 0 Å². The zero-order chi connectivity index (χ0) is 11.6. The quantitative estimate of drug-likeness (QED) is 0.586. The predicted molar refractivity (Wildman–Crippen MR) is 61.7 cm³/mol. The number of rotatable bonds is 2. The molecule has 88 valence electrons. The van der Waals surface area contributed by atoms with E-state index in [1.165, 1.54) is 0 Å². The van der Waals surface area contributed by atoms with Gasteiger partial charge in [0.2, 0.25) is 0 Å². The summed E-state index contributed by atoms with van der Waals surface area (Å²) in [5.41, 5.74) is 3.09. The van der Waals surface area contributed by atoms with E-state index in [0.717, 1.165) is 37.4 Å². The lowest BCUT2D eigenvalue weighted by molar-refractivity contribution is -0.0760. The fourth-order valence-electron chi connectivity index (χ4n) is 1.99. The molecule has 2 heterocycles. The summed E-state index contributed by atoms with van der Waals surface area (Å²) in [6, 6.07) is 1.82. The van der Waals surface area contributed by atoms with Crippen LogP contribution in [0.5, 0.6) is 0 Å². The summed E-state index contributed by atoms with van der Waals surface area (Å²) >= 11 is 0. The van der Waals surface area contributed by atoms with Gasteiger partial charge in [-0.2, -0.15) is 0 Å². The van der Waals surface area contributed by atoms with Crippen molar-refractivity contribution in [2.75, 3.05) is 12.0 Å². The Labute approximate surface area is 95.4 Å².